The second-order valence-electron chi connectivity index (χ2n) is 4.74. The molecule has 0 saturated carbocycles. The predicted molar refractivity (Wildman–Crippen MR) is 63.6 cm³/mol. The van der Waals surface area contributed by atoms with Crippen LogP contribution in [-0.4, -0.2) is 13.7 Å². The summed E-state index contributed by atoms with van der Waals surface area (Å²) in [5.41, 5.74) is 0.672. The molecule has 1 aromatic carbocycles. The van der Waals surface area contributed by atoms with Gasteiger partial charge in [-0.25, -0.2) is 0 Å². The minimum Gasteiger partial charge on any atom is -0.195 e. The molecule has 1 aromatic rings. The van der Waals surface area contributed by atoms with Crippen LogP contribution in [0.2, 0.25) is 0 Å². The van der Waals surface area contributed by atoms with E-state index >= 15 is 0 Å². The topological polar surface area (TPSA) is 34.1 Å². The number of rotatable bonds is 4. The molecule has 90 valence electrons. The Bertz CT molecular complexity index is 437. The van der Waals surface area contributed by atoms with E-state index in [1.54, 1.807) is 0 Å². The number of benzene rings is 1. The van der Waals surface area contributed by atoms with E-state index in [9.17, 15) is 12.3 Å². The first-order chi connectivity index (χ1) is 7.23. The average molecular weight is 244 g/mol. The Hall–Kier alpha value is -0.900. The van der Waals surface area contributed by atoms with Crippen LogP contribution in [0.15, 0.2) is 30.3 Å². The van der Waals surface area contributed by atoms with Crippen molar-refractivity contribution in [2.45, 2.75) is 37.9 Å². The zero-order valence-corrected chi connectivity index (χ0v) is 10.6. The van der Waals surface area contributed by atoms with E-state index in [1.165, 1.54) is 6.92 Å². The average Bonchev–Trinajstić information content (AvgIpc) is 2.17. The van der Waals surface area contributed by atoms with Crippen LogP contribution in [0.5, 0.6) is 0 Å². The smallest absolute Gasteiger partial charge is 0.195 e. The lowest BCUT2D eigenvalue weighted by Gasteiger charge is -2.27. The maximum absolute atomic E-state index is 12.8. The van der Waals surface area contributed by atoms with Gasteiger partial charge in [-0.1, -0.05) is 44.2 Å². The van der Waals surface area contributed by atoms with Gasteiger partial charge in [0.25, 0.3) is 0 Å². The van der Waals surface area contributed by atoms with Crippen molar-refractivity contribution in [3.63, 3.8) is 0 Å². The second kappa shape index (κ2) is 4.53. The third kappa shape index (κ3) is 3.30. The van der Waals surface area contributed by atoms with E-state index in [2.05, 4.69) is 0 Å². The van der Waals surface area contributed by atoms with Crippen LogP contribution in [0.3, 0.4) is 0 Å². The Kier molecular flexibility index (Phi) is 3.73. The lowest BCUT2D eigenvalue weighted by molar-refractivity contribution is 0.452. The third-order valence-electron chi connectivity index (χ3n) is 2.83. The normalized spacial score (nSPS) is 14.8. The summed E-state index contributed by atoms with van der Waals surface area (Å²) in [6, 6.07) is 9.54. The summed E-state index contributed by atoms with van der Waals surface area (Å²) in [6.45, 7) is 5.24. The van der Waals surface area contributed by atoms with E-state index in [4.69, 9.17) is 0 Å². The van der Waals surface area contributed by atoms with Crippen LogP contribution in [-0.2, 0) is 15.6 Å². The van der Waals surface area contributed by atoms with Crippen molar-refractivity contribution in [3.8, 4) is 0 Å². The molecule has 2 nitrogen and oxygen atoms in total. The van der Waals surface area contributed by atoms with Gasteiger partial charge >= 0.3 is 10.2 Å². The van der Waals surface area contributed by atoms with Crippen LogP contribution >= 0.6 is 0 Å². The molecule has 4 heteroatoms. The number of hydrogen-bond donors (Lipinski definition) is 0. The second-order valence-corrected chi connectivity index (χ2v) is 6.50. The lowest BCUT2D eigenvalue weighted by atomic mass is 9.81. The molecule has 0 amide bonds. The van der Waals surface area contributed by atoms with E-state index in [0.29, 0.717) is 0 Å². The Morgan fingerprint density at radius 3 is 2.19 bits per heavy atom. The van der Waals surface area contributed by atoms with Crippen molar-refractivity contribution in [3.05, 3.63) is 35.9 Å². The molecule has 1 atom stereocenters. The van der Waals surface area contributed by atoms with E-state index in [-0.39, 0.29) is 11.8 Å². The molecular formula is C12H17FO2S. The summed E-state index contributed by atoms with van der Waals surface area (Å²) in [6.07, 6.45) is 0.274. The SMILES string of the molecule is CC(CC(C)(C)c1ccccc1)S(=O)(=O)F. The highest BCUT2D eigenvalue weighted by molar-refractivity contribution is 7.86. The first-order valence-electron chi connectivity index (χ1n) is 5.22. The van der Waals surface area contributed by atoms with Crippen LogP contribution in [0, 0.1) is 0 Å². The van der Waals surface area contributed by atoms with Gasteiger partial charge in [0.15, 0.2) is 0 Å². The van der Waals surface area contributed by atoms with Gasteiger partial charge in [0.05, 0.1) is 5.25 Å². The monoisotopic (exact) mass is 244 g/mol. The van der Waals surface area contributed by atoms with Gasteiger partial charge in [0.1, 0.15) is 0 Å². The summed E-state index contributed by atoms with van der Waals surface area (Å²) in [5.74, 6) is 0. The fraction of sp³-hybridized carbons (Fsp3) is 0.500. The number of hydrogen-bond acceptors (Lipinski definition) is 2. The molecule has 0 radical (unpaired) electrons. The molecule has 16 heavy (non-hydrogen) atoms. The predicted octanol–water partition coefficient (Wildman–Crippen LogP) is 3.04. The molecule has 0 heterocycles. The molecular weight excluding hydrogens is 227 g/mol. The first kappa shape index (κ1) is 13.2. The molecule has 0 saturated heterocycles. The summed E-state index contributed by atoms with van der Waals surface area (Å²) in [4.78, 5) is 0. The molecule has 0 fully saturated rings. The van der Waals surface area contributed by atoms with Crippen LogP contribution in [0.25, 0.3) is 0 Å². The lowest BCUT2D eigenvalue weighted by Crippen LogP contribution is -2.26. The van der Waals surface area contributed by atoms with Crippen molar-refractivity contribution >= 4 is 10.2 Å². The third-order valence-corrected chi connectivity index (χ3v) is 3.96. The largest absolute Gasteiger partial charge is 0.305 e. The van der Waals surface area contributed by atoms with Gasteiger partial charge in [0, 0.05) is 0 Å². The Morgan fingerprint density at radius 1 is 1.25 bits per heavy atom. The van der Waals surface area contributed by atoms with Crippen LogP contribution in [0.4, 0.5) is 3.89 Å². The quantitative estimate of drug-likeness (QED) is 0.763. The highest BCUT2D eigenvalue weighted by atomic mass is 32.3. The van der Waals surface area contributed by atoms with Gasteiger partial charge in [-0.2, -0.15) is 8.42 Å². The van der Waals surface area contributed by atoms with Crippen LogP contribution in [0.1, 0.15) is 32.8 Å². The molecule has 0 aliphatic carbocycles. The molecule has 0 bridgehead atoms. The maximum atomic E-state index is 12.8. The summed E-state index contributed by atoms with van der Waals surface area (Å²) >= 11 is 0. The summed E-state index contributed by atoms with van der Waals surface area (Å²) < 4.78 is 34.3. The van der Waals surface area contributed by atoms with Crippen molar-refractivity contribution in [2.24, 2.45) is 0 Å². The Balaban J connectivity index is 2.89. The molecule has 1 rings (SSSR count). The van der Waals surface area contributed by atoms with E-state index < -0.39 is 15.5 Å². The van der Waals surface area contributed by atoms with Gasteiger partial charge in [-0.15, -0.1) is 3.89 Å². The zero-order valence-electron chi connectivity index (χ0n) is 9.77. The molecule has 0 aromatic heterocycles. The zero-order chi connectivity index (χ0) is 12.4. The Labute approximate surface area is 96.7 Å². The van der Waals surface area contributed by atoms with Gasteiger partial charge < -0.3 is 0 Å². The van der Waals surface area contributed by atoms with Gasteiger partial charge in [-0.05, 0) is 24.3 Å². The Morgan fingerprint density at radius 2 is 1.75 bits per heavy atom. The molecule has 1 unspecified atom stereocenters. The summed E-state index contributed by atoms with van der Waals surface area (Å²) in [5, 5.41) is -0.970. The van der Waals surface area contributed by atoms with Crippen molar-refractivity contribution in [1.29, 1.82) is 0 Å². The maximum Gasteiger partial charge on any atom is 0.305 e. The number of halogens is 1. The minimum absolute atomic E-state index is 0.274. The van der Waals surface area contributed by atoms with Crippen LogP contribution < -0.4 is 0 Å². The highest BCUT2D eigenvalue weighted by Crippen LogP contribution is 2.30. The molecule has 0 aliphatic rings. The molecule has 0 N–H and O–H groups in total. The highest BCUT2D eigenvalue weighted by Gasteiger charge is 2.29. The molecule has 0 aliphatic heterocycles. The molecule has 0 spiro atoms. The summed E-state index contributed by atoms with van der Waals surface area (Å²) in [7, 11) is -4.44. The fourth-order valence-corrected chi connectivity index (χ4v) is 2.44. The van der Waals surface area contributed by atoms with E-state index in [0.717, 1.165) is 5.56 Å². The minimum atomic E-state index is -4.44. The first-order valence-corrected chi connectivity index (χ1v) is 6.67. The van der Waals surface area contributed by atoms with Gasteiger partial charge in [0.2, 0.25) is 0 Å². The van der Waals surface area contributed by atoms with Crippen molar-refractivity contribution in [2.75, 3.05) is 0 Å². The van der Waals surface area contributed by atoms with Gasteiger partial charge in [-0.3, -0.25) is 0 Å². The fourth-order valence-electron chi connectivity index (χ4n) is 1.83. The van der Waals surface area contributed by atoms with Crippen molar-refractivity contribution in [1.82, 2.24) is 0 Å². The van der Waals surface area contributed by atoms with Crippen molar-refractivity contribution < 1.29 is 12.3 Å². The van der Waals surface area contributed by atoms with E-state index in [1.807, 2.05) is 44.2 Å². The standard InChI is InChI=1S/C12H17FO2S/c1-10(16(13,14)15)9-12(2,3)11-7-5-4-6-8-11/h4-8,10H,9H2,1-3H3.